The summed E-state index contributed by atoms with van der Waals surface area (Å²) in [4.78, 5) is 14.9. The Morgan fingerprint density at radius 3 is 2.83 bits per heavy atom. The van der Waals surface area contributed by atoms with Crippen LogP contribution in [0.1, 0.15) is 22.9 Å². The lowest BCUT2D eigenvalue weighted by molar-refractivity contribution is -0.717. The van der Waals surface area contributed by atoms with Crippen LogP contribution in [0.5, 0.6) is 0 Å². The third-order valence-corrected chi connectivity index (χ3v) is 4.75. The number of nitrogens with two attached hydrogens (primary N) is 1. The number of halogens is 1. The fourth-order valence-electron chi connectivity index (χ4n) is 3.46. The molecule has 1 unspecified atom stereocenters. The molecule has 0 fully saturated rings. The van der Waals surface area contributed by atoms with Gasteiger partial charge in [0.05, 0.1) is 11.7 Å². The minimum atomic E-state index is -1.03. The maximum Gasteiger partial charge on any atom is 0.153 e. The van der Waals surface area contributed by atoms with E-state index < -0.39 is 12.0 Å². The van der Waals surface area contributed by atoms with Gasteiger partial charge in [-0.15, -0.1) is 0 Å². The molecule has 116 valence electrons. The van der Waals surface area contributed by atoms with Crippen molar-refractivity contribution in [3.05, 3.63) is 70.4 Å². The van der Waals surface area contributed by atoms with Crippen LogP contribution in [-0.4, -0.2) is 17.0 Å². The first-order valence-electron chi connectivity index (χ1n) is 7.54. The van der Waals surface area contributed by atoms with Gasteiger partial charge in [0.25, 0.3) is 0 Å². The highest BCUT2D eigenvalue weighted by atomic mass is 35.5. The molecule has 23 heavy (non-hydrogen) atoms. The van der Waals surface area contributed by atoms with Gasteiger partial charge in [-0.05, 0) is 23.8 Å². The molecule has 0 radical (unpaired) electrons. The normalized spacial score (nSPS) is 20.4. The molecule has 1 aliphatic heterocycles. The quantitative estimate of drug-likeness (QED) is 0.741. The van der Waals surface area contributed by atoms with Crippen LogP contribution >= 0.6 is 11.6 Å². The number of nitrogens with one attached hydrogen (secondary N) is 1. The van der Waals surface area contributed by atoms with Crippen molar-refractivity contribution in [1.29, 1.82) is 0 Å². The van der Waals surface area contributed by atoms with Crippen molar-refractivity contribution in [3.8, 4) is 0 Å². The highest BCUT2D eigenvalue weighted by Crippen LogP contribution is 2.32. The molecule has 0 spiro atoms. The highest BCUT2D eigenvalue weighted by Gasteiger charge is 2.34. The van der Waals surface area contributed by atoms with Gasteiger partial charge in [-0.2, -0.15) is 0 Å². The number of aromatic amines is 1. The molecule has 0 amide bonds. The Morgan fingerprint density at radius 2 is 2.04 bits per heavy atom. The molecule has 5 heteroatoms. The Hall–Kier alpha value is -2.30. The number of rotatable bonds is 2. The molecule has 4 rings (SSSR count). The molecule has 0 saturated carbocycles. The number of fused-ring (bicyclic) bond motifs is 3. The van der Waals surface area contributed by atoms with Crippen molar-refractivity contribution in [2.75, 3.05) is 0 Å². The fraction of sp³-hybridized carbons (Fsp3) is 0.167. The van der Waals surface area contributed by atoms with E-state index in [2.05, 4.69) is 4.98 Å². The maximum atomic E-state index is 11.5. The van der Waals surface area contributed by atoms with E-state index >= 15 is 0 Å². The van der Waals surface area contributed by atoms with Crippen molar-refractivity contribution in [2.24, 2.45) is 0 Å². The minimum absolute atomic E-state index is 0.132. The first-order valence-corrected chi connectivity index (χ1v) is 7.92. The van der Waals surface area contributed by atoms with E-state index in [1.165, 1.54) is 0 Å². The predicted molar refractivity (Wildman–Crippen MR) is 86.0 cm³/mol. The van der Waals surface area contributed by atoms with Gasteiger partial charge in [0.15, 0.2) is 6.04 Å². The van der Waals surface area contributed by atoms with Gasteiger partial charge in [-0.25, -0.2) is 0 Å². The van der Waals surface area contributed by atoms with Crippen LogP contribution in [-0.2, 0) is 11.2 Å². The Kier molecular flexibility index (Phi) is 3.36. The van der Waals surface area contributed by atoms with Gasteiger partial charge in [0.2, 0.25) is 0 Å². The Bertz CT molecular complexity index is 903. The Morgan fingerprint density at radius 1 is 1.22 bits per heavy atom. The number of aromatic nitrogens is 1. The van der Waals surface area contributed by atoms with E-state index in [1.54, 1.807) is 0 Å². The SMILES string of the molecule is O=C([O-])[C@@H]1Cc2c([nH]c3ccccc23)C(c2cccc(Cl)c2)[NH2+]1. The number of carboxylic acid groups (broad SMARTS) is 1. The average Bonchev–Trinajstić information content (AvgIpc) is 2.92. The molecule has 1 aromatic heterocycles. The van der Waals surface area contributed by atoms with Gasteiger partial charge in [-0.3, -0.25) is 0 Å². The van der Waals surface area contributed by atoms with Crippen molar-refractivity contribution < 1.29 is 15.2 Å². The number of para-hydroxylation sites is 1. The number of carbonyl (C=O) groups excluding carboxylic acids is 1. The summed E-state index contributed by atoms with van der Waals surface area (Å²) >= 11 is 6.12. The highest BCUT2D eigenvalue weighted by molar-refractivity contribution is 6.30. The van der Waals surface area contributed by atoms with E-state index in [0.717, 1.165) is 27.7 Å². The standard InChI is InChI=1S/C18H15ClN2O2/c19-11-5-3-4-10(8-11)16-17-13(9-15(21-16)18(22)23)12-6-1-2-7-14(12)20-17/h1-8,15-16,20-21H,9H2,(H,22,23)/t15-,16?/m0/s1. The van der Waals surface area contributed by atoms with E-state index in [9.17, 15) is 9.90 Å². The summed E-state index contributed by atoms with van der Waals surface area (Å²) in [6.07, 6.45) is 0.457. The van der Waals surface area contributed by atoms with Crippen molar-refractivity contribution >= 4 is 28.5 Å². The number of H-pyrrole nitrogens is 1. The molecular weight excluding hydrogens is 312 g/mol. The van der Waals surface area contributed by atoms with Gasteiger partial charge in [-0.1, -0.05) is 41.9 Å². The smallest absolute Gasteiger partial charge is 0.153 e. The molecule has 3 N–H and O–H groups in total. The van der Waals surface area contributed by atoms with Gasteiger partial charge in [0.1, 0.15) is 6.04 Å². The zero-order chi connectivity index (χ0) is 16.0. The number of hydrogen-bond acceptors (Lipinski definition) is 2. The molecule has 4 nitrogen and oxygen atoms in total. The lowest BCUT2D eigenvalue weighted by Gasteiger charge is -2.29. The summed E-state index contributed by atoms with van der Waals surface area (Å²) in [5.41, 5.74) is 4.11. The molecule has 2 aromatic carbocycles. The fourth-order valence-corrected chi connectivity index (χ4v) is 3.66. The molecular formula is C18H15ClN2O2. The molecule has 0 aliphatic carbocycles. The maximum absolute atomic E-state index is 11.5. The van der Waals surface area contributed by atoms with Crippen LogP contribution in [0.15, 0.2) is 48.5 Å². The third kappa shape index (κ3) is 2.40. The van der Waals surface area contributed by atoms with E-state index in [-0.39, 0.29) is 6.04 Å². The van der Waals surface area contributed by atoms with Crippen LogP contribution in [0.3, 0.4) is 0 Å². The number of carboxylic acids is 1. The zero-order valence-electron chi connectivity index (χ0n) is 12.3. The minimum Gasteiger partial charge on any atom is -0.544 e. The Labute approximate surface area is 138 Å². The third-order valence-electron chi connectivity index (χ3n) is 4.52. The second-order valence-electron chi connectivity index (χ2n) is 5.92. The molecule has 0 bridgehead atoms. The number of benzene rings is 2. The Balaban J connectivity index is 1.91. The van der Waals surface area contributed by atoms with Gasteiger partial charge in [0, 0.05) is 27.9 Å². The summed E-state index contributed by atoms with van der Waals surface area (Å²) in [5, 5.41) is 15.1. The zero-order valence-corrected chi connectivity index (χ0v) is 13.0. The average molecular weight is 327 g/mol. The lowest BCUT2D eigenvalue weighted by atomic mass is 9.90. The summed E-state index contributed by atoms with van der Waals surface area (Å²) in [7, 11) is 0. The van der Waals surface area contributed by atoms with Crippen molar-refractivity contribution in [2.45, 2.75) is 18.5 Å². The first kappa shape index (κ1) is 14.3. The van der Waals surface area contributed by atoms with Gasteiger partial charge < -0.3 is 20.2 Å². The second-order valence-corrected chi connectivity index (χ2v) is 6.35. The summed E-state index contributed by atoms with van der Waals surface area (Å²) in [6.45, 7) is 0. The first-order chi connectivity index (χ1) is 11.1. The molecule has 2 atom stereocenters. The second kappa shape index (κ2) is 5.41. The van der Waals surface area contributed by atoms with Crippen LogP contribution in [0.25, 0.3) is 10.9 Å². The van der Waals surface area contributed by atoms with Crippen molar-refractivity contribution in [1.82, 2.24) is 4.98 Å². The summed E-state index contributed by atoms with van der Waals surface area (Å²) in [6, 6.07) is 14.8. The molecule has 2 heterocycles. The molecule has 0 saturated heterocycles. The van der Waals surface area contributed by atoms with Crippen LogP contribution in [0.2, 0.25) is 5.02 Å². The summed E-state index contributed by atoms with van der Waals surface area (Å²) < 4.78 is 0. The monoisotopic (exact) mass is 326 g/mol. The topological polar surface area (TPSA) is 72.5 Å². The largest absolute Gasteiger partial charge is 0.544 e. The van der Waals surface area contributed by atoms with Gasteiger partial charge >= 0.3 is 0 Å². The van der Waals surface area contributed by atoms with Crippen LogP contribution in [0.4, 0.5) is 0 Å². The van der Waals surface area contributed by atoms with E-state index in [4.69, 9.17) is 11.6 Å². The number of quaternary nitrogens is 1. The lowest BCUT2D eigenvalue weighted by Crippen LogP contribution is -2.95. The molecule has 1 aliphatic rings. The van der Waals surface area contributed by atoms with Crippen molar-refractivity contribution in [3.63, 3.8) is 0 Å². The number of aliphatic carboxylic acids is 1. The number of hydrogen-bond donors (Lipinski definition) is 2. The van der Waals surface area contributed by atoms with E-state index in [1.807, 2.05) is 53.8 Å². The van der Waals surface area contributed by atoms with Crippen LogP contribution < -0.4 is 10.4 Å². The number of carbonyl (C=O) groups is 1. The van der Waals surface area contributed by atoms with Crippen LogP contribution in [0, 0.1) is 0 Å². The summed E-state index contributed by atoms with van der Waals surface area (Å²) in [5.74, 6) is -1.03. The van der Waals surface area contributed by atoms with E-state index in [0.29, 0.717) is 11.4 Å². The predicted octanol–water partition coefficient (Wildman–Crippen LogP) is 1.15. The molecule has 3 aromatic rings.